The maximum atomic E-state index is 13.0. The molecule has 3 aromatic carbocycles. The molecule has 0 aliphatic carbocycles. The van der Waals surface area contributed by atoms with Crippen molar-refractivity contribution in [3.63, 3.8) is 0 Å². The summed E-state index contributed by atoms with van der Waals surface area (Å²) in [6.45, 7) is 1.58. The van der Waals surface area contributed by atoms with E-state index in [4.69, 9.17) is 0 Å². The minimum atomic E-state index is -0.523. The number of amides is 2. The second-order valence-corrected chi connectivity index (χ2v) is 8.04. The number of nitrogens with zero attached hydrogens (tertiary/aromatic N) is 2. The SMILES string of the molecule is COC(=O)CNC(=O)Cc1ccc(NC(=O)c2ccc(-n3c(C)nc4ccccc4c3=O)cc2)cc1. The number of benzene rings is 3. The van der Waals surface area contributed by atoms with Gasteiger partial charge in [0, 0.05) is 11.3 Å². The first-order valence-corrected chi connectivity index (χ1v) is 11.2. The van der Waals surface area contributed by atoms with Gasteiger partial charge in [0.25, 0.3) is 11.5 Å². The molecule has 0 unspecified atom stereocenters. The number of ether oxygens (including phenoxy) is 1. The third-order valence-electron chi connectivity index (χ3n) is 5.57. The average Bonchev–Trinajstić information content (AvgIpc) is 2.88. The first-order valence-electron chi connectivity index (χ1n) is 11.2. The molecule has 0 saturated heterocycles. The number of methoxy groups -OCH3 is 1. The summed E-state index contributed by atoms with van der Waals surface area (Å²) >= 11 is 0. The van der Waals surface area contributed by atoms with Crippen molar-refractivity contribution in [2.24, 2.45) is 0 Å². The number of esters is 1. The maximum absolute atomic E-state index is 13.0. The molecule has 2 amide bonds. The number of nitrogens with one attached hydrogen (secondary N) is 2. The van der Waals surface area contributed by atoms with Gasteiger partial charge >= 0.3 is 5.97 Å². The van der Waals surface area contributed by atoms with E-state index in [2.05, 4.69) is 20.4 Å². The summed E-state index contributed by atoms with van der Waals surface area (Å²) in [5.74, 6) is -0.598. The van der Waals surface area contributed by atoms with E-state index in [0.29, 0.717) is 33.7 Å². The fraction of sp³-hybridized carbons (Fsp3) is 0.148. The van der Waals surface area contributed by atoms with Crippen LogP contribution in [-0.2, 0) is 20.7 Å². The normalized spacial score (nSPS) is 10.6. The zero-order valence-corrected chi connectivity index (χ0v) is 19.8. The van der Waals surface area contributed by atoms with Crippen LogP contribution in [0.4, 0.5) is 5.69 Å². The second kappa shape index (κ2) is 10.6. The largest absolute Gasteiger partial charge is 0.468 e. The fourth-order valence-corrected chi connectivity index (χ4v) is 3.71. The molecule has 0 saturated carbocycles. The Hall–Kier alpha value is -4.79. The number of aromatic nitrogens is 2. The number of aryl methyl sites for hydroxylation is 1. The number of hydrogen-bond acceptors (Lipinski definition) is 6. The molecule has 0 atom stereocenters. The van der Waals surface area contributed by atoms with Crippen LogP contribution in [0, 0.1) is 6.92 Å². The minimum absolute atomic E-state index is 0.0924. The molecule has 182 valence electrons. The third-order valence-corrected chi connectivity index (χ3v) is 5.57. The standard InChI is InChI=1S/C27H24N4O5/c1-17-29-23-6-4-3-5-22(23)27(35)31(17)21-13-9-19(10-14-21)26(34)30-20-11-7-18(8-12-20)15-24(32)28-16-25(33)36-2/h3-14H,15-16H2,1-2H3,(H,28,32)(H,30,34). The maximum Gasteiger partial charge on any atom is 0.325 e. The number of carbonyl (C=O) groups excluding carboxylic acids is 3. The van der Waals surface area contributed by atoms with Crippen molar-refractivity contribution in [1.82, 2.24) is 14.9 Å². The van der Waals surface area contributed by atoms with E-state index >= 15 is 0 Å². The Bertz CT molecular complexity index is 1490. The molecule has 0 aliphatic rings. The zero-order valence-electron chi connectivity index (χ0n) is 19.8. The summed E-state index contributed by atoms with van der Waals surface area (Å²) < 4.78 is 6.00. The van der Waals surface area contributed by atoms with Gasteiger partial charge in [0.1, 0.15) is 12.4 Å². The number of para-hydroxylation sites is 1. The molecule has 0 radical (unpaired) electrons. The smallest absolute Gasteiger partial charge is 0.325 e. The zero-order chi connectivity index (χ0) is 25.7. The fourth-order valence-electron chi connectivity index (χ4n) is 3.71. The quantitative estimate of drug-likeness (QED) is 0.390. The molecule has 4 rings (SSSR count). The Balaban J connectivity index is 1.42. The van der Waals surface area contributed by atoms with Crippen LogP contribution in [0.15, 0.2) is 77.6 Å². The minimum Gasteiger partial charge on any atom is -0.468 e. The van der Waals surface area contributed by atoms with Crippen molar-refractivity contribution < 1.29 is 19.1 Å². The van der Waals surface area contributed by atoms with E-state index in [-0.39, 0.29) is 30.3 Å². The van der Waals surface area contributed by atoms with Crippen LogP contribution < -0.4 is 16.2 Å². The predicted octanol–water partition coefficient (Wildman–Crippen LogP) is 2.78. The Labute approximate surface area is 206 Å². The number of hydrogen-bond donors (Lipinski definition) is 2. The van der Waals surface area contributed by atoms with Crippen LogP contribution in [0.3, 0.4) is 0 Å². The van der Waals surface area contributed by atoms with E-state index in [1.807, 2.05) is 6.07 Å². The van der Waals surface area contributed by atoms with E-state index in [1.54, 1.807) is 73.7 Å². The van der Waals surface area contributed by atoms with Gasteiger partial charge in [-0.1, -0.05) is 24.3 Å². The van der Waals surface area contributed by atoms with Gasteiger partial charge in [0.2, 0.25) is 5.91 Å². The van der Waals surface area contributed by atoms with E-state index in [0.717, 1.165) is 5.56 Å². The van der Waals surface area contributed by atoms with E-state index in [1.165, 1.54) is 11.7 Å². The summed E-state index contributed by atoms with van der Waals surface area (Å²) in [6.07, 6.45) is 0.0924. The Morgan fingerprint density at radius 2 is 1.64 bits per heavy atom. The Morgan fingerprint density at radius 1 is 0.944 bits per heavy atom. The molecule has 0 spiro atoms. The second-order valence-electron chi connectivity index (χ2n) is 8.04. The van der Waals surface area contributed by atoms with Crippen LogP contribution >= 0.6 is 0 Å². The van der Waals surface area contributed by atoms with Crippen molar-refractivity contribution >= 4 is 34.4 Å². The van der Waals surface area contributed by atoms with E-state index in [9.17, 15) is 19.2 Å². The number of carbonyl (C=O) groups is 3. The Morgan fingerprint density at radius 3 is 2.33 bits per heavy atom. The lowest BCUT2D eigenvalue weighted by atomic mass is 10.1. The molecule has 4 aromatic rings. The van der Waals surface area contributed by atoms with Gasteiger partial charge in [-0.3, -0.25) is 23.7 Å². The number of rotatable bonds is 7. The molecule has 0 bridgehead atoms. The molecule has 36 heavy (non-hydrogen) atoms. The first-order chi connectivity index (χ1) is 17.4. The van der Waals surface area contributed by atoms with Crippen molar-refractivity contribution in [1.29, 1.82) is 0 Å². The van der Waals surface area contributed by atoms with Gasteiger partial charge in [-0.05, 0) is 61.0 Å². The molecular weight excluding hydrogens is 460 g/mol. The summed E-state index contributed by atoms with van der Waals surface area (Å²) in [6, 6.07) is 20.7. The Kier molecular flexibility index (Phi) is 7.20. The van der Waals surface area contributed by atoms with Gasteiger partial charge in [-0.25, -0.2) is 4.98 Å². The molecule has 1 heterocycles. The van der Waals surface area contributed by atoms with Crippen LogP contribution in [0.2, 0.25) is 0 Å². The molecule has 2 N–H and O–H groups in total. The highest BCUT2D eigenvalue weighted by atomic mass is 16.5. The summed E-state index contributed by atoms with van der Waals surface area (Å²) in [7, 11) is 1.25. The summed E-state index contributed by atoms with van der Waals surface area (Å²) in [4.78, 5) is 53.2. The van der Waals surface area contributed by atoms with Crippen LogP contribution in [0.1, 0.15) is 21.7 Å². The summed E-state index contributed by atoms with van der Waals surface area (Å²) in [5.41, 5.74) is 2.79. The predicted molar refractivity (Wildman–Crippen MR) is 135 cm³/mol. The van der Waals surface area contributed by atoms with Crippen molar-refractivity contribution in [3.05, 3.63) is 100 Å². The lowest BCUT2D eigenvalue weighted by molar-refractivity contribution is -0.141. The third kappa shape index (κ3) is 5.47. The highest BCUT2D eigenvalue weighted by Gasteiger charge is 2.12. The molecular formula is C27H24N4O5. The monoisotopic (exact) mass is 484 g/mol. The highest BCUT2D eigenvalue weighted by Crippen LogP contribution is 2.16. The lowest BCUT2D eigenvalue weighted by Gasteiger charge is -2.12. The van der Waals surface area contributed by atoms with Gasteiger partial charge in [0.05, 0.1) is 30.1 Å². The number of anilines is 1. The topological polar surface area (TPSA) is 119 Å². The van der Waals surface area contributed by atoms with Gasteiger partial charge < -0.3 is 15.4 Å². The highest BCUT2D eigenvalue weighted by molar-refractivity contribution is 6.04. The molecule has 9 nitrogen and oxygen atoms in total. The summed E-state index contributed by atoms with van der Waals surface area (Å²) in [5, 5.41) is 5.81. The van der Waals surface area contributed by atoms with Crippen LogP contribution in [0.25, 0.3) is 16.6 Å². The number of fused-ring (bicyclic) bond motifs is 1. The molecule has 9 heteroatoms. The van der Waals surface area contributed by atoms with Gasteiger partial charge in [-0.2, -0.15) is 0 Å². The van der Waals surface area contributed by atoms with E-state index < -0.39 is 5.97 Å². The van der Waals surface area contributed by atoms with Crippen LogP contribution in [0.5, 0.6) is 0 Å². The van der Waals surface area contributed by atoms with Crippen molar-refractivity contribution in [3.8, 4) is 5.69 Å². The average molecular weight is 485 g/mol. The van der Waals surface area contributed by atoms with Crippen LogP contribution in [-0.4, -0.2) is 41.0 Å². The van der Waals surface area contributed by atoms with Crippen molar-refractivity contribution in [2.45, 2.75) is 13.3 Å². The molecule has 0 fully saturated rings. The lowest BCUT2D eigenvalue weighted by Crippen LogP contribution is -2.31. The first kappa shape index (κ1) is 24.3. The molecule has 1 aromatic heterocycles. The van der Waals surface area contributed by atoms with Gasteiger partial charge in [-0.15, -0.1) is 0 Å². The van der Waals surface area contributed by atoms with Gasteiger partial charge in [0.15, 0.2) is 0 Å². The molecule has 0 aliphatic heterocycles. The van der Waals surface area contributed by atoms with Crippen molar-refractivity contribution in [2.75, 3.05) is 19.0 Å².